The lowest BCUT2D eigenvalue weighted by Crippen LogP contribution is -2.33. The lowest BCUT2D eigenvalue weighted by molar-refractivity contribution is -0.122. The summed E-state index contributed by atoms with van der Waals surface area (Å²) in [7, 11) is 0. The van der Waals surface area contributed by atoms with Crippen LogP contribution < -0.4 is 10.9 Å². The van der Waals surface area contributed by atoms with E-state index >= 15 is 0 Å². The van der Waals surface area contributed by atoms with E-state index in [1.54, 1.807) is 29.5 Å². The largest absolute Gasteiger partial charge is 0.347 e. The maximum Gasteiger partial charge on any atom is 0.261 e. The summed E-state index contributed by atoms with van der Waals surface area (Å²) in [4.78, 5) is 29.8. The van der Waals surface area contributed by atoms with Crippen molar-refractivity contribution in [2.75, 3.05) is 0 Å². The van der Waals surface area contributed by atoms with Gasteiger partial charge in [-0.25, -0.2) is 4.98 Å². The first kappa shape index (κ1) is 15.7. The van der Waals surface area contributed by atoms with Crippen molar-refractivity contribution in [1.82, 2.24) is 14.9 Å². The number of carbonyl (C=O) groups excluding carboxylic acids is 1. The molecule has 2 aromatic heterocycles. The molecule has 0 fully saturated rings. The molecule has 5 nitrogen and oxygen atoms in total. The molecule has 0 aliphatic rings. The topological polar surface area (TPSA) is 64.0 Å². The average molecular weight is 348 g/mol. The molecule has 1 aromatic carbocycles. The SMILES string of the molecule is C[C@@H](NC(=O)Cn1cnc2ccc(Cl)cc2c1=O)c1cccs1. The standard InChI is InChI=1S/C16H14ClN3O2S/c1-10(14-3-2-6-23-14)19-15(21)8-20-9-18-13-5-4-11(17)7-12(13)16(20)22/h2-7,9-10H,8H2,1H3,(H,19,21)/t10-/m1/s1. The zero-order chi connectivity index (χ0) is 16.4. The van der Waals surface area contributed by atoms with Gasteiger partial charge >= 0.3 is 0 Å². The highest BCUT2D eigenvalue weighted by atomic mass is 35.5. The van der Waals surface area contributed by atoms with Crippen molar-refractivity contribution >= 4 is 39.7 Å². The second-order valence-corrected chi connectivity index (χ2v) is 6.56. The second kappa shape index (κ2) is 6.52. The molecule has 2 heterocycles. The minimum atomic E-state index is -0.281. The van der Waals surface area contributed by atoms with Crippen LogP contribution in [0.1, 0.15) is 17.8 Å². The highest BCUT2D eigenvalue weighted by Crippen LogP contribution is 2.18. The number of thiophene rings is 1. The maximum atomic E-state index is 12.4. The number of amides is 1. The molecular formula is C16H14ClN3O2S. The molecule has 0 unspecified atom stereocenters. The van der Waals surface area contributed by atoms with Crippen LogP contribution in [0.25, 0.3) is 10.9 Å². The van der Waals surface area contributed by atoms with Crippen molar-refractivity contribution in [3.8, 4) is 0 Å². The number of carbonyl (C=O) groups is 1. The normalized spacial score (nSPS) is 12.3. The van der Waals surface area contributed by atoms with Gasteiger partial charge in [0.25, 0.3) is 5.56 Å². The van der Waals surface area contributed by atoms with E-state index in [2.05, 4.69) is 10.3 Å². The molecule has 0 saturated carbocycles. The van der Waals surface area contributed by atoms with Gasteiger partial charge in [0.2, 0.25) is 5.91 Å². The third kappa shape index (κ3) is 3.43. The van der Waals surface area contributed by atoms with Crippen molar-refractivity contribution < 1.29 is 4.79 Å². The molecule has 0 radical (unpaired) electrons. The summed E-state index contributed by atoms with van der Waals surface area (Å²) in [5.41, 5.74) is 0.277. The third-order valence-electron chi connectivity index (χ3n) is 3.45. The highest BCUT2D eigenvalue weighted by molar-refractivity contribution is 7.10. The van der Waals surface area contributed by atoms with Gasteiger partial charge in [-0.2, -0.15) is 0 Å². The monoisotopic (exact) mass is 347 g/mol. The van der Waals surface area contributed by atoms with Gasteiger partial charge in [0.05, 0.1) is 23.3 Å². The van der Waals surface area contributed by atoms with Gasteiger partial charge in [-0.3, -0.25) is 14.2 Å². The number of hydrogen-bond donors (Lipinski definition) is 1. The predicted octanol–water partition coefficient (Wildman–Crippen LogP) is 2.99. The Labute approximate surface area is 141 Å². The molecule has 0 aliphatic carbocycles. The van der Waals surface area contributed by atoms with Gasteiger partial charge in [-0.15, -0.1) is 11.3 Å². The van der Waals surface area contributed by atoms with E-state index in [1.807, 2.05) is 24.4 Å². The summed E-state index contributed by atoms with van der Waals surface area (Å²) in [6.45, 7) is 1.83. The van der Waals surface area contributed by atoms with Crippen molar-refractivity contribution in [1.29, 1.82) is 0 Å². The smallest absolute Gasteiger partial charge is 0.261 e. The molecule has 0 saturated heterocycles. The Balaban J connectivity index is 1.80. The number of aromatic nitrogens is 2. The Hall–Kier alpha value is -2.18. The van der Waals surface area contributed by atoms with Crippen LogP contribution >= 0.6 is 22.9 Å². The molecular weight excluding hydrogens is 334 g/mol. The number of benzene rings is 1. The number of nitrogens with one attached hydrogen (secondary N) is 1. The molecule has 0 aliphatic heterocycles. The molecule has 3 aromatic rings. The Morgan fingerprint density at radius 2 is 2.26 bits per heavy atom. The van der Waals surface area contributed by atoms with Crippen LogP contribution in [0.4, 0.5) is 0 Å². The molecule has 1 N–H and O–H groups in total. The lowest BCUT2D eigenvalue weighted by atomic mass is 10.2. The highest BCUT2D eigenvalue weighted by Gasteiger charge is 2.12. The minimum absolute atomic E-state index is 0.0794. The first-order valence-electron chi connectivity index (χ1n) is 7.02. The molecule has 1 amide bonds. The van der Waals surface area contributed by atoms with Crippen LogP contribution in [0, 0.1) is 0 Å². The van der Waals surface area contributed by atoms with Gasteiger partial charge in [0, 0.05) is 9.90 Å². The first-order chi connectivity index (χ1) is 11.0. The molecule has 7 heteroatoms. The van der Waals surface area contributed by atoms with Crippen LogP contribution in [0.15, 0.2) is 46.8 Å². The van der Waals surface area contributed by atoms with Crippen molar-refractivity contribution in [3.05, 3.63) is 62.3 Å². The van der Waals surface area contributed by atoms with E-state index in [9.17, 15) is 9.59 Å². The van der Waals surface area contributed by atoms with E-state index in [1.165, 1.54) is 10.9 Å². The van der Waals surface area contributed by atoms with Crippen molar-refractivity contribution in [2.24, 2.45) is 0 Å². The van der Waals surface area contributed by atoms with Crippen LogP contribution in [0.2, 0.25) is 5.02 Å². The van der Waals surface area contributed by atoms with Gasteiger partial charge in [-0.1, -0.05) is 17.7 Å². The van der Waals surface area contributed by atoms with Crippen LogP contribution in [0.5, 0.6) is 0 Å². The summed E-state index contributed by atoms with van der Waals surface area (Å²) < 4.78 is 1.29. The number of fused-ring (bicyclic) bond motifs is 1. The Kier molecular flexibility index (Phi) is 4.45. The van der Waals surface area contributed by atoms with E-state index in [-0.39, 0.29) is 24.1 Å². The fourth-order valence-corrected chi connectivity index (χ4v) is 3.20. The summed E-state index contributed by atoms with van der Waals surface area (Å²) in [5, 5.41) is 5.70. The van der Waals surface area contributed by atoms with E-state index in [0.717, 1.165) is 4.88 Å². The zero-order valence-electron chi connectivity index (χ0n) is 12.3. The molecule has 23 heavy (non-hydrogen) atoms. The van der Waals surface area contributed by atoms with Crippen molar-refractivity contribution in [2.45, 2.75) is 19.5 Å². The number of hydrogen-bond acceptors (Lipinski definition) is 4. The van der Waals surface area contributed by atoms with Gasteiger partial charge in [0.15, 0.2) is 0 Å². The first-order valence-corrected chi connectivity index (χ1v) is 8.28. The van der Waals surface area contributed by atoms with Crippen LogP contribution in [-0.4, -0.2) is 15.5 Å². The molecule has 118 valence electrons. The second-order valence-electron chi connectivity index (χ2n) is 5.14. The van der Waals surface area contributed by atoms with E-state index in [4.69, 9.17) is 11.6 Å². The summed E-state index contributed by atoms with van der Waals surface area (Å²) >= 11 is 7.50. The van der Waals surface area contributed by atoms with E-state index in [0.29, 0.717) is 15.9 Å². The van der Waals surface area contributed by atoms with Gasteiger partial charge in [-0.05, 0) is 36.6 Å². The van der Waals surface area contributed by atoms with Crippen LogP contribution in [0.3, 0.4) is 0 Å². The van der Waals surface area contributed by atoms with E-state index < -0.39 is 0 Å². The zero-order valence-corrected chi connectivity index (χ0v) is 13.9. The Morgan fingerprint density at radius 1 is 1.43 bits per heavy atom. The molecule has 1 atom stereocenters. The lowest BCUT2D eigenvalue weighted by Gasteiger charge is -2.13. The van der Waals surface area contributed by atoms with Crippen molar-refractivity contribution in [3.63, 3.8) is 0 Å². The summed E-state index contributed by atoms with van der Waals surface area (Å²) in [6.07, 6.45) is 1.38. The Morgan fingerprint density at radius 3 is 3.00 bits per heavy atom. The molecule has 0 bridgehead atoms. The third-order valence-corrected chi connectivity index (χ3v) is 4.74. The summed E-state index contributed by atoms with van der Waals surface area (Å²) in [5.74, 6) is -0.240. The molecule has 0 spiro atoms. The fraction of sp³-hybridized carbons (Fsp3) is 0.188. The summed E-state index contributed by atoms with van der Waals surface area (Å²) in [6, 6.07) is 8.72. The van der Waals surface area contributed by atoms with Gasteiger partial charge < -0.3 is 5.32 Å². The molecule has 3 rings (SSSR count). The fourth-order valence-electron chi connectivity index (χ4n) is 2.29. The maximum absolute atomic E-state index is 12.4. The average Bonchev–Trinajstić information content (AvgIpc) is 3.05. The van der Waals surface area contributed by atoms with Crippen LogP contribution in [-0.2, 0) is 11.3 Å². The van der Waals surface area contributed by atoms with Gasteiger partial charge in [0.1, 0.15) is 6.54 Å². The minimum Gasteiger partial charge on any atom is -0.347 e. The Bertz CT molecular complexity index is 905. The number of nitrogens with zero attached hydrogens (tertiary/aromatic N) is 2. The quantitative estimate of drug-likeness (QED) is 0.789. The number of rotatable bonds is 4. The predicted molar refractivity (Wildman–Crippen MR) is 91.9 cm³/mol. The number of halogens is 1.